The van der Waals surface area contributed by atoms with Gasteiger partial charge in [0.05, 0.1) is 11.9 Å². The van der Waals surface area contributed by atoms with Crippen LogP contribution in [0, 0.1) is 0 Å². The highest BCUT2D eigenvalue weighted by atomic mass is 32.2. The Balaban J connectivity index is 1.54. The van der Waals surface area contributed by atoms with Crippen molar-refractivity contribution in [2.75, 3.05) is 19.0 Å². The molecule has 3 N–H and O–H groups in total. The van der Waals surface area contributed by atoms with E-state index in [9.17, 15) is 4.79 Å². The number of hydrogen-bond acceptors (Lipinski definition) is 10. The molecule has 1 aromatic carbocycles. The number of carbonyl (C=O) groups is 1. The van der Waals surface area contributed by atoms with Gasteiger partial charge in [0, 0.05) is 17.5 Å². The van der Waals surface area contributed by atoms with Crippen molar-refractivity contribution in [2.45, 2.75) is 49.6 Å². The van der Waals surface area contributed by atoms with Crippen LogP contribution in [0.2, 0.25) is 0 Å². The molecule has 11 nitrogen and oxygen atoms in total. The molecule has 0 atom stereocenters. The van der Waals surface area contributed by atoms with Gasteiger partial charge < -0.3 is 5.73 Å². The van der Waals surface area contributed by atoms with Gasteiger partial charge in [0.15, 0.2) is 5.69 Å². The second-order valence-electron chi connectivity index (χ2n) is 7.95. The van der Waals surface area contributed by atoms with E-state index in [1.165, 1.54) is 23.9 Å². The van der Waals surface area contributed by atoms with Crippen LogP contribution in [0.5, 0.6) is 0 Å². The molecule has 0 spiro atoms. The number of hydrogen-bond donors (Lipinski definition) is 2. The summed E-state index contributed by atoms with van der Waals surface area (Å²) in [6.07, 6.45) is 9.50. The quantitative estimate of drug-likeness (QED) is 0.289. The molecule has 0 aliphatic heterocycles. The maximum absolute atomic E-state index is 12.9. The van der Waals surface area contributed by atoms with E-state index in [2.05, 4.69) is 36.1 Å². The predicted octanol–water partition coefficient (Wildman–Crippen LogP) is 2.48. The molecule has 1 saturated carbocycles. The molecular formula is C21H27N9O2S. The first-order chi connectivity index (χ1) is 16.1. The van der Waals surface area contributed by atoms with Crippen LogP contribution in [0.4, 0.5) is 5.82 Å². The highest BCUT2D eigenvalue weighted by Crippen LogP contribution is 2.24. The Morgan fingerprint density at radius 2 is 2.06 bits per heavy atom. The van der Waals surface area contributed by atoms with Crippen molar-refractivity contribution in [3.05, 3.63) is 41.2 Å². The summed E-state index contributed by atoms with van der Waals surface area (Å²) in [5.41, 5.74) is 9.98. The molecule has 12 heteroatoms. The van der Waals surface area contributed by atoms with Gasteiger partial charge in [-0.15, -0.1) is 16.9 Å². The number of nitrogens with two attached hydrogens (primary N) is 1. The number of aromatic nitrogens is 5. The third-order valence-electron chi connectivity index (χ3n) is 5.77. The molecule has 0 unspecified atom stereocenters. The Morgan fingerprint density at radius 3 is 2.73 bits per heavy atom. The molecule has 1 amide bonds. The summed E-state index contributed by atoms with van der Waals surface area (Å²) >= 11 is 1.66. The molecule has 2 heterocycles. The van der Waals surface area contributed by atoms with Gasteiger partial charge in [0.2, 0.25) is 11.6 Å². The number of nitrogens with zero attached hydrogens (tertiary/aromatic N) is 7. The second-order valence-corrected chi connectivity index (χ2v) is 8.83. The molecule has 0 saturated heterocycles. The number of thioether (sulfide) groups is 1. The van der Waals surface area contributed by atoms with E-state index in [1.54, 1.807) is 18.0 Å². The molecule has 2 aromatic heterocycles. The van der Waals surface area contributed by atoms with Gasteiger partial charge in [-0.1, -0.05) is 36.6 Å². The van der Waals surface area contributed by atoms with Crippen LogP contribution in [-0.2, 0) is 6.54 Å². The summed E-state index contributed by atoms with van der Waals surface area (Å²) in [6.45, 7) is 0.437. The van der Waals surface area contributed by atoms with E-state index >= 15 is 0 Å². The van der Waals surface area contributed by atoms with Gasteiger partial charge in [-0.05, 0) is 54.2 Å². The Bertz CT molecular complexity index is 1100. The third-order valence-corrected chi connectivity index (χ3v) is 6.51. The third kappa shape index (κ3) is 5.40. The van der Waals surface area contributed by atoms with Crippen molar-refractivity contribution in [2.24, 2.45) is 5.10 Å². The summed E-state index contributed by atoms with van der Waals surface area (Å²) in [5, 5.41) is 19.7. The zero-order valence-corrected chi connectivity index (χ0v) is 19.5. The van der Waals surface area contributed by atoms with Crippen molar-refractivity contribution < 1.29 is 9.42 Å². The summed E-state index contributed by atoms with van der Waals surface area (Å²) in [7, 11) is 2.04. The number of benzene rings is 1. The molecule has 1 aliphatic rings. The van der Waals surface area contributed by atoms with Gasteiger partial charge in [-0.2, -0.15) is 9.78 Å². The minimum absolute atomic E-state index is 0.0696. The largest absolute Gasteiger partial charge is 0.378 e. The topological polar surface area (TPSA) is 140 Å². The molecule has 3 aromatic rings. The van der Waals surface area contributed by atoms with Crippen LogP contribution in [0.25, 0.3) is 5.82 Å². The lowest BCUT2D eigenvalue weighted by Crippen LogP contribution is -2.34. The lowest BCUT2D eigenvalue weighted by molar-refractivity contribution is 0.0947. The van der Waals surface area contributed by atoms with Crippen molar-refractivity contribution in [1.82, 2.24) is 35.6 Å². The maximum Gasteiger partial charge on any atom is 0.293 e. The first-order valence-corrected chi connectivity index (χ1v) is 12.0. The predicted molar refractivity (Wildman–Crippen MR) is 125 cm³/mol. The van der Waals surface area contributed by atoms with E-state index in [0.717, 1.165) is 23.3 Å². The van der Waals surface area contributed by atoms with Gasteiger partial charge in [-0.25, -0.2) is 10.1 Å². The number of hydrazone groups is 1. The fourth-order valence-corrected chi connectivity index (χ4v) is 4.33. The smallest absolute Gasteiger partial charge is 0.293 e. The number of amides is 1. The molecule has 0 bridgehead atoms. The first kappa shape index (κ1) is 22.9. The summed E-state index contributed by atoms with van der Waals surface area (Å²) in [4.78, 5) is 16.3. The number of nitrogens with one attached hydrogen (secondary N) is 1. The second kappa shape index (κ2) is 10.6. The summed E-state index contributed by atoms with van der Waals surface area (Å²) in [6, 6.07) is 8.28. The monoisotopic (exact) mass is 469 g/mol. The molecule has 1 aliphatic carbocycles. The van der Waals surface area contributed by atoms with E-state index < -0.39 is 5.91 Å². The van der Waals surface area contributed by atoms with E-state index in [0.29, 0.717) is 18.3 Å². The van der Waals surface area contributed by atoms with E-state index in [-0.39, 0.29) is 17.3 Å². The number of carbonyl (C=O) groups excluding carboxylic acids is 1. The fourth-order valence-electron chi connectivity index (χ4n) is 3.92. The Labute approximate surface area is 195 Å². The van der Waals surface area contributed by atoms with Crippen LogP contribution >= 0.6 is 11.8 Å². The molecule has 174 valence electrons. The van der Waals surface area contributed by atoms with Crippen LogP contribution in [-0.4, -0.2) is 61.7 Å². The minimum Gasteiger partial charge on any atom is -0.378 e. The Morgan fingerprint density at radius 1 is 1.30 bits per heavy atom. The maximum atomic E-state index is 12.9. The number of nitrogen functional groups attached to an aromatic ring is 1. The molecule has 0 radical (unpaired) electrons. The van der Waals surface area contributed by atoms with Gasteiger partial charge in [0.1, 0.15) is 0 Å². The zero-order chi connectivity index (χ0) is 23.2. The van der Waals surface area contributed by atoms with Gasteiger partial charge >= 0.3 is 0 Å². The molecular weight excluding hydrogens is 442 g/mol. The van der Waals surface area contributed by atoms with Crippen LogP contribution in [0.3, 0.4) is 0 Å². The highest BCUT2D eigenvalue weighted by molar-refractivity contribution is 7.98. The summed E-state index contributed by atoms with van der Waals surface area (Å²) < 4.78 is 6.13. The molecule has 33 heavy (non-hydrogen) atoms. The lowest BCUT2D eigenvalue weighted by Gasteiger charge is -2.31. The van der Waals surface area contributed by atoms with Crippen molar-refractivity contribution in [3.63, 3.8) is 0 Å². The Hall–Kier alpha value is -3.25. The van der Waals surface area contributed by atoms with Crippen LogP contribution in [0.15, 0.2) is 38.9 Å². The molecule has 1 fully saturated rings. The van der Waals surface area contributed by atoms with Crippen molar-refractivity contribution >= 4 is 29.7 Å². The highest BCUT2D eigenvalue weighted by Gasteiger charge is 2.27. The van der Waals surface area contributed by atoms with Gasteiger partial charge in [0.25, 0.3) is 5.91 Å². The standard InChI is InChI=1S/C21H27N9O2S/c1-29(15-6-4-3-5-7-15)13-17-18(24-28-30(17)20-19(22)26-32-27-20)21(31)25-23-12-14-8-10-16(33-2)11-9-14/h8-12,15H,3-7,13H2,1-2H3,(H2,22,26)(H,25,31)/b23-12+. The van der Waals surface area contributed by atoms with Crippen molar-refractivity contribution in [3.8, 4) is 5.82 Å². The minimum atomic E-state index is -0.472. The van der Waals surface area contributed by atoms with Gasteiger partial charge in [-0.3, -0.25) is 9.69 Å². The molecule has 4 rings (SSSR count). The van der Waals surface area contributed by atoms with E-state index in [4.69, 9.17) is 10.4 Å². The number of rotatable bonds is 8. The lowest BCUT2D eigenvalue weighted by atomic mass is 9.94. The van der Waals surface area contributed by atoms with Crippen LogP contribution < -0.4 is 11.2 Å². The number of anilines is 1. The average Bonchev–Trinajstić information content (AvgIpc) is 3.45. The Kier molecular flexibility index (Phi) is 7.35. The normalized spacial score (nSPS) is 14.9. The van der Waals surface area contributed by atoms with E-state index in [1.807, 2.05) is 37.6 Å². The average molecular weight is 470 g/mol. The fraction of sp³-hybridized carbons (Fsp3) is 0.429. The zero-order valence-electron chi connectivity index (χ0n) is 18.6. The van der Waals surface area contributed by atoms with Crippen molar-refractivity contribution in [1.29, 1.82) is 0 Å². The van der Waals surface area contributed by atoms with Crippen LogP contribution in [0.1, 0.15) is 53.8 Å². The SMILES string of the molecule is CSc1ccc(/C=N/NC(=O)c2nnn(-c3nonc3N)c2CN(C)C2CCCCC2)cc1. The summed E-state index contributed by atoms with van der Waals surface area (Å²) in [5.74, 6) is -0.202. The first-order valence-electron chi connectivity index (χ1n) is 10.8.